The van der Waals surface area contributed by atoms with Gasteiger partial charge < -0.3 is 4.74 Å². The Labute approximate surface area is 60.0 Å². The Bertz CT molecular complexity index is 75.6. The highest BCUT2D eigenvalue weighted by atomic mass is 16.5. The highest BCUT2D eigenvalue weighted by molar-refractivity contribution is 6.39. The molecule has 0 saturated carbocycles. The van der Waals surface area contributed by atoms with Crippen molar-refractivity contribution in [2.24, 2.45) is 0 Å². The molecular weight excluding hydrogens is 110 g/mol. The van der Waals surface area contributed by atoms with Crippen molar-refractivity contribution in [3.8, 4) is 0 Å². The molecule has 1 nitrogen and oxygen atoms in total. The monoisotopic (exact) mass is 122 g/mol. The lowest BCUT2D eigenvalue weighted by Crippen LogP contribution is -2.18. The fourth-order valence-corrected chi connectivity index (χ4v) is 0.346. The summed E-state index contributed by atoms with van der Waals surface area (Å²) in [4.78, 5) is 0. The molecule has 4 radical (unpaired) electrons. The summed E-state index contributed by atoms with van der Waals surface area (Å²) < 4.78 is 5.16. The second-order valence-corrected chi connectivity index (χ2v) is 2.87. The van der Waals surface area contributed by atoms with Crippen molar-refractivity contribution in [1.29, 1.82) is 0 Å². The molecule has 9 heavy (non-hydrogen) atoms. The first-order chi connectivity index (χ1) is 3.92. The van der Waals surface area contributed by atoms with E-state index < -0.39 is 5.21 Å². The van der Waals surface area contributed by atoms with Gasteiger partial charge >= 0.3 is 0 Å². The SMILES string of the molecule is [B]C([B])(C)COC(C)C. The van der Waals surface area contributed by atoms with E-state index in [-0.39, 0.29) is 6.10 Å². The Kier molecular flexibility index (Phi) is 3.34. The zero-order valence-electron chi connectivity index (χ0n) is 6.35. The van der Waals surface area contributed by atoms with E-state index in [0.29, 0.717) is 6.61 Å². The van der Waals surface area contributed by atoms with Gasteiger partial charge in [-0.3, -0.25) is 0 Å². The highest BCUT2D eigenvalue weighted by Crippen LogP contribution is 2.13. The molecule has 0 aromatic carbocycles. The summed E-state index contributed by atoms with van der Waals surface area (Å²) >= 11 is 0. The lowest BCUT2D eigenvalue weighted by molar-refractivity contribution is 0.0738. The third kappa shape index (κ3) is 8.09. The van der Waals surface area contributed by atoms with Gasteiger partial charge in [-0.15, -0.1) is 0 Å². The lowest BCUT2D eigenvalue weighted by Gasteiger charge is -2.20. The lowest BCUT2D eigenvalue weighted by atomic mass is 9.56. The Balaban J connectivity index is 3.28. The first kappa shape index (κ1) is 9.09. The third-order valence-corrected chi connectivity index (χ3v) is 0.728. The van der Waals surface area contributed by atoms with Crippen molar-refractivity contribution in [3.63, 3.8) is 0 Å². The molecule has 0 amide bonds. The fourth-order valence-electron chi connectivity index (χ4n) is 0.346. The van der Waals surface area contributed by atoms with Crippen LogP contribution in [0, 0.1) is 0 Å². The molecule has 0 heterocycles. The fraction of sp³-hybridized carbons (Fsp3) is 1.00. The second-order valence-electron chi connectivity index (χ2n) is 2.87. The van der Waals surface area contributed by atoms with Gasteiger partial charge in [0.25, 0.3) is 0 Å². The summed E-state index contributed by atoms with van der Waals surface area (Å²) in [5, 5.41) is -0.690. The van der Waals surface area contributed by atoms with E-state index in [1.807, 2.05) is 13.8 Å². The van der Waals surface area contributed by atoms with Gasteiger partial charge in [-0.2, -0.15) is 0 Å². The number of hydrogen-bond acceptors (Lipinski definition) is 1. The van der Waals surface area contributed by atoms with Crippen molar-refractivity contribution in [1.82, 2.24) is 0 Å². The molecule has 0 spiro atoms. The molecule has 0 aliphatic rings. The first-order valence-electron chi connectivity index (χ1n) is 3.11. The minimum absolute atomic E-state index is 0.205. The van der Waals surface area contributed by atoms with Crippen LogP contribution >= 0.6 is 0 Å². The predicted octanol–water partition coefficient (Wildman–Crippen LogP) is 0.884. The van der Waals surface area contributed by atoms with Crippen LogP contribution in [0.2, 0.25) is 5.21 Å². The van der Waals surface area contributed by atoms with Gasteiger partial charge in [-0.1, -0.05) is 12.1 Å². The molecule has 0 saturated heterocycles. The predicted molar refractivity (Wildman–Crippen MR) is 41.0 cm³/mol. The summed E-state index contributed by atoms with van der Waals surface area (Å²) in [6, 6.07) is 0. The molecule has 0 fully saturated rings. The van der Waals surface area contributed by atoms with Crippen LogP contribution in [0.25, 0.3) is 0 Å². The van der Waals surface area contributed by atoms with Crippen LogP contribution in [0.3, 0.4) is 0 Å². The van der Waals surface area contributed by atoms with Gasteiger partial charge in [0.1, 0.15) is 0 Å². The summed E-state index contributed by atoms with van der Waals surface area (Å²) in [6.07, 6.45) is 0.205. The van der Waals surface area contributed by atoms with Crippen LogP contribution in [-0.2, 0) is 4.74 Å². The van der Waals surface area contributed by atoms with Gasteiger partial charge in [-0.25, -0.2) is 0 Å². The maximum absolute atomic E-state index is 5.44. The largest absolute Gasteiger partial charge is 0.380 e. The Morgan fingerprint density at radius 1 is 1.44 bits per heavy atom. The average molecular weight is 122 g/mol. The molecule has 0 aliphatic heterocycles. The zero-order chi connectivity index (χ0) is 7.49. The molecule has 0 aromatic heterocycles. The molecule has 0 atom stereocenters. The molecule has 0 rings (SSSR count). The average Bonchev–Trinajstić information content (AvgIpc) is 1.59. The van der Waals surface area contributed by atoms with Crippen LogP contribution in [0.1, 0.15) is 20.8 Å². The van der Waals surface area contributed by atoms with Crippen LogP contribution in [0.4, 0.5) is 0 Å². The van der Waals surface area contributed by atoms with E-state index in [1.54, 1.807) is 6.92 Å². The minimum Gasteiger partial charge on any atom is -0.380 e. The van der Waals surface area contributed by atoms with Crippen molar-refractivity contribution in [3.05, 3.63) is 0 Å². The molecule has 3 heteroatoms. The van der Waals surface area contributed by atoms with E-state index in [2.05, 4.69) is 0 Å². The molecule has 0 bridgehead atoms. The van der Waals surface area contributed by atoms with E-state index in [4.69, 9.17) is 20.4 Å². The van der Waals surface area contributed by atoms with Crippen molar-refractivity contribution in [2.45, 2.75) is 32.1 Å². The van der Waals surface area contributed by atoms with E-state index >= 15 is 0 Å². The van der Waals surface area contributed by atoms with Crippen LogP contribution < -0.4 is 0 Å². The van der Waals surface area contributed by atoms with E-state index in [0.717, 1.165) is 0 Å². The van der Waals surface area contributed by atoms with Gasteiger partial charge in [0, 0.05) is 6.61 Å². The summed E-state index contributed by atoms with van der Waals surface area (Å²) in [7, 11) is 10.9. The first-order valence-corrected chi connectivity index (χ1v) is 3.11. The normalized spacial score (nSPS) is 12.4. The van der Waals surface area contributed by atoms with Gasteiger partial charge in [0.2, 0.25) is 0 Å². The van der Waals surface area contributed by atoms with Gasteiger partial charge in [0.05, 0.1) is 21.8 Å². The quantitative estimate of drug-likeness (QED) is 0.504. The second kappa shape index (κ2) is 3.31. The van der Waals surface area contributed by atoms with Crippen LogP contribution in [-0.4, -0.2) is 28.4 Å². The Morgan fingerprint density at radius 2 is 1.89 bits per heavy atom. The number of rotatable bonds is 3. The maximum atomic E-state index is 5.44. The molecular formula is C6H12B2O. The molecule has 0 aliphatic carbocycles. The van der Waals surface area contributed by atoms with E-state index in [9.17, 15) is 0 Å². The van der Waals surface area contributed by atoms with Crippen molar-refractivity contribution < 1.29 is 4.74 Å². The van der Waals surface area contributed by atoms with Crippen LogP contribution in [0.15, 0.2) is 0 Å². The zero-order valence-corrected chi connectivity index (χ0v) is 6.35. The van der Waals surface area contributed by atoms with Gasteiger partial charge in [0.15, 0.2) is 0 Å². The molecule has 0 aromatic rings. The summed E-state index contributed by atoms with van der Waals surface area (Å²) in [5.74, 6) is 0. The number of hydrogen-bond donors (Lipinski definition) is 0. The topological polar surface area (TPSA) is 9.23 Å². The third-order valence-electron chi connectivity index (χ3n) is 0.728. The van der Waals surface area contributed by atoms with Crippen LogP contribution in [0.5, 0.6) is 0 Å². The highest BCUT2D eigenvalue weighted by Gasteiger charge is 2.09. The smallest absolute Gasteiger partial charge is 0.0647 e. The maximum Gasteiger partial charge on any atom is 0.0647 e. The summed E-state index contributed by atoms with van der Waals surface area (Å²) in [6.45, 7) is 6.04. The van der Waals surface area contributed by atoms with Crippen molar-refractivity contribution in [2.75, 3.05) is 6.61 Å². The van der Waals surface area contributed by atoms with Gasteiger partial charge in [-0.05, 0) is 13.8 Å². The summed E-state index contributed by atoms with van der Waals surface area (Å²) in [5.41, 5.74) is 0. The number of ether oxygens (including phenoxy) is 1. The molecule has 48 valence electrons. The Hall–Kier alpha value is 0.0899. The van der Waals surface area contributed by atoms with Crippen molar-refractivity contribution >= 4 is 15.7 Å². The molecule has 0 N–H and O–H groups in total. The Morgan fingerprint density at radius 3 is 2.00 bits per heavy atom. The molecule has 0 unspecified atom stereocenters. The minimum atomic E-state index is -0.690. The van der Waals surface area contributed by atoms with E-state index in [1.165, 1.54) is 0 Å². The standard InChI is InChI=1S/C6H12B2O/c1-5(2)9-4-6(3,7)8/h5H,4H2,1-3H3.